The average Bonchev–Trinajstić information content (AvgIpc) is 2.80. The number of nitrogens with two attached hydrogens (primary N) is 1. The molecule has 1 heterocycles. The SMILES string of the molecule is CCOC(=O)c1cc(C)n(CC(=O)OC(C(=O)NC(N)=O)C(C)C)c1C. The summed E-state index contributed by atoms with van der Waals surface area (Å²) in [6, 6.07) is 0.605. The molecule has 0 aliphatic rings. The van der Waals surface area contributed by atoms with Crippen LogP contribution < -0.4 is 11.1 Å². The van der Waals surface area contributed by atoms with Gasteiger partial charge in [-0.15, -0.1) is 0 Å². The zero-order valence-corrected chi connectivity index (χ0v) is 15.6. The van der Waals surface area contributed by atoms with Crippen LogP contribution in [-0.2, 0) is 25.6 Å². The van der Waals surface area contributed by atoms with Crippen LogP contribution in [0.4, 0.5) is 4.79 Å². The number of primary amides is 1. The Morgan fingerprint density at radius 1 is 1.23 bits per heavy atom. The van der Waals surface area contributed by atoms with E-state index in [0.29, 0.717) is 17.0 Å². The third-order valence-corrected chi connectivity index (χ3v) is 3.72. The van der Waals surface area contributed by atoms with E-state index in [-0.39, 0.29) is 19.1 Å². The lowest BCUT2D eigenvalue weighted by atomic mass is 10.1. The second kappa shape index (κ2) is 9.02. The first-order valence-corrected chi connectivity index (χ1v) is 8.22. The Balaban J connectivity index is 2.91. The molecule has 1 unspecified atom stereocenters. The van der Waals surface area contributed by atoms with E-state index in [1.807, 2.05) is 5.32 Å². The summed E-state index contributed by atoms with van der Waals surface area (Å²) in [6.45, 7) is 8.53. The van der Waals surface area contributed by atoms with Crippen LogP contribution in [0.1, 0.15) is 42.5 Å². The molecule has 1 atom stereocenters. The van der Waals surface area contributed by atoms with E-state index in [2.05, 4.69) is 0 Å². The predicted octanol–water partition coefficient (Wildman–Crippen LogP) is 1.04. The molecule has 0 aromatic carbocycles. The van der Waals surface area contributed by atoms with Crippen LogP contribution in [0.5, 0.6) is 0 Å². The number of rotatable bonds is 7. The van der Waals surface area contributed by atoms with Crippen LogP contribution in [0.2, 0.25) is 0 Å². The predicted molar refractivity (Wildman–Crippen MR) is 92.3 cm³/mol. The molecular formula is C17H25N3O6. The fraction of sp³-hybridized carbons (Fsp3) is 0.529. The number of amides is 3. The lowest BCUT2D eigenvalue weighted by Gasteiger charge is -2.20. The van der Waals surface area contributed by atoms with Crippen LogP contribution >= 0.6 is 0 Å². The van der Waals surface area contributed by atoms with Crippen molar-refractivity contribution in [3.8, 4) is 0 Å². The molecule has 0 bridgehead atoms. The van der Waals surface area contributed by atoms with Gasteiger partial charge in [0.15, 0.2) is 6.10 Å². The summed E-state index contributed by atoms with van der Waals surface area (Å²) in [7, 11) is 0. The van der Waals surface area contributed by atoms with Crippen molar-refractivity contribution >= 4 is 23.9 Å². The number of ether oxygens (including phenoxy) is 2. The fourth-order valence-electron chi connectivity index (χ4n) is 2.45. The monoisotopic (exact) mass is 367 g/mol. The maximum Gasteiger partial charge on any atom is 0.339 e. The number of carbonyl (C=O) groups excluding carboxylic acids is 4. The number of aryl methyl sites for hydroxylation is 1. The summed E-state index contributed by atoms with van der Waals surface area (Å²) in [5, 5.41) is 1.90. The highest BCUT2D eigenvalue weighted by Gasteiger charge is 2.28. The van der Waals surface area contributed by atoms with Crippen LogP contribution in [0, 0.1) is 19.8 Å². The van der Waals surface area contributed by atoms with Gasteiger partial charge in [-0.1, -0.05) is 13.8 Å². The molecule has 3 N–H and O–H groups in total. The topological polar surface area (TPSA) is 130 Å². The number of urea groups is 1. The minimum atomic E-state index is -1.16. The zero-order chi connectivity index (χ0) is 20.0. The molecular weight excluding hydrogens is 342 g/mol. The summed E-state index contributed by atoms with van der Waals surface area (Å²) in [4.78, 5) is 46.9. The number of imide groups is 1. The van der Waals surface area contributed by atoms with E-state index in [9.17, 15) is 19.2 Å². The van der Waals surface area contributed by atoms with Crippen molar-refractivity contribution in [2.45, 2.75) is 47.3 Å². The van der Waals surface area contributed by atoms with Crippen molar-refractivity contribution in [2.24, 2.45) is 11.7 Å². The van der Waals surface area contributed by atoms with E-state index in [1.165, 1.54) is 0 Å². The third kappa shape index (κ3) is 5.33. The first kappa shape index (κ1) is 21.2. The molecule has 0 aliphatic carbocycles. The van der Waals surface area contributed by atoms with Crippen molar-refractivity contribution in [1.29, 1.82) is 0 Å². The van der Waals surface area contributed by atoms with Crippen molar-refractivity contribution in [3.63, 3.8) is 0 Å². The molecule has 0 spiro atoms. The maximum atomic E-state index is 12.3. The van der Waals surface area contributed by atoms with Gasteiger partial charge < -0.3 is 19.8 Å². The van der Waals surface area contributed by atoms with Gasteiger partial charge in [0.05, 0.1) is 12.2 Å². The average molecular weight is 367 g/mol. The second-order valence-electron chi connectivity index (χ2n) is 6.10. The van der Waals surface area contributed by atoms with Crippen molar-refractivity contribution in [2.75, 3.05) is 6.61 Å². The van der Waals surface area contributed by atoms with Crippen LogP contribution in [0.15, 0.2) is 6.07 Å². The molecule has 9 heteroatoms. The van der Waals surface area contributed by atoms with Gasteiger partial charge in [0, 0.05) is 11.4 Å². The van der Waals surface area contributed by atoms with Crippen molar-refractivity contribution in [3.05, 3.63) is 23.0 Å². The molecule has 0 radical (unpaired) electrons. The van der Waals surface area contributed by atoms with Gasteiger partial charge in [0.2, 0.25) is 0 Å². The third-order valence-electron chi connectivity index (χ3n) is 3.72. The Morgan fingerprint density at radius 2 is 1.85 bits per heavy atom. The van der Waals surface area contributed by atoms with Crippen LogP contribution in [0.25, 0.3) is 0 Å². The summed E-state index contributed by atoms with van der Waals surface area (Å²) in [5.74, 6) is -2.30. The summed E-state index contributed by atoms with van der Waals surface area (Å²) in [6.07, 6.45) is -1.16. The van der Waals surface area contributed by atoms with Crippen molar-refractivity contribution < 1.29 is 28.7 Å². The molecule has 9 nitrogen and oxygen atoms in total. The van der Waals surface area contributed by atoms with E-state index in [1.54, 1.807) is 45.3 Å². The highest BCUT2D eigenvalue weighted by atomic mass is 16.5. The maximum absolute atomic E-state index is 12.3. The number of nitrogens with zero attached hydrogens (tertiary/aromatic N) is 1. The Kier molecular flexibility index (Phi) is 7.36. The van der Waals surface area contributed by atoms with E-state index < -0.39 is 30.0 Å². The van der Waals surface area contributed by atoms with Gasteiger partial charge >= 0.3 is 18.0 Å². The minimum absolute atomic E-state index is 0.190. The summed E-state index contributed by atoms with van der Waals surface area (Å²) in [5.41, 5.74) is 6.51. The van der Waals surface area contributed by atoms with Gasteiger partial charge in [-0.3, -0.25) is 14.9 Å². The first-order chi connectivity index (χ1) is 12.1. The first-order valence-electron chi connectivity index (χ1n) is 8.22. The number of esters is 2. The molecule has 1 aromatic rings. The van der Waals surface area contributed by atoms with Gasteiger partial charge in [-0.25, -0.2) is 9.59 Å². The molecule has 1 rings (SSSR count). The fourth-order valence-corrected chi connectivity index (χ4v) is 2.45. The lowest BCUT2D eigenvalue weighted by Crippen LogP contribution is -2.46. The number of nitrogens with one attached hydrogen (secondary N) is 1. The summed E-state index contributed by atoms with van der Waals surface area (Å²) >= 11 is 0. The van der Waals surface area contributed by atoms with E-state index in [0.717, 1.165) is 0 Å². The smallest absolute Gasteiger partial charge is 0.339 e. The zero-order valence-electron chi connectivity index (χ0n) is 15.6. The molecule has 0 saturated heterocycles. The number of aromatic nitrogens is 1. The second-order valence-corrected chi connectivity index (χ2v) is 6.10. The Morgan fingerprint density at radius 3 is 2.35 bits per heavy atom. The Labute approximate surface area is 151 Å². The summed E-state index contributed by atoms with van der Waals surface area (Å²) < 4.78 is 11.8. The highest BCUT2D eigenvalue weighted by molar-refractivity contribution is 5.96. The number of carbonyl (C=O) groups is 4. The van der Waals surface area contributed by atoms with E-state index in [4.69, 9.17) is 15.2 Å². The molecule has 144 valence electrons. The largest absolute Gasteiger partial charge is 0.462 e. The van der Waals surface area contributed by atoms with Crippen LogP contribution in [-0.4, -0.2) is 41.2 Å². The number of hydrogen-bond acceptors (Lipinski definition) is 6. The van der Waals surface area contributed by atoms with Gasteiger partial charge in [0.1, 0.15) is 6.54 Å². The highest BCUT2D eigenvalue weighted by Crippen LogP contribution is 2.17. The minimum Gasteiger partial charge on any atom is -0.462 e. The van der Waals surface area contributed by atoms with Gasteiger partial charge in [-0.05, 0) is 32.8 Å². The molecule has 0 aliphatic heterocycles. The normalized spacial score (nSPS) is 11.8. The van der Waals surface area contributed by atoms with Crippen molar-refractivity contribution in [1.82, 2.24) is 9.88 Å². The number of hydrogen-bond donors (Lipinski definition) is 2. The Hall–Kier alpha value is -2.84. The molecule has 3 amide bonds. The molecule has 26 heavy (non-hydrogen) atoms. The van der Waals surface area contributed by atoms with Crippen LogP contribution in [0.3, 0.4) is 0 Å². The molecule has 0 fully saturated rings. The molecule has 1 aromatic heterocycles. The van der Waals surface area contributed by atoms with Gasteiger partial charge in [0.25, 0.3) is 5.91 Å². The quantitative estimate of drug-likeness (QED) is 0.693. The molecule has 0 saturated carbocycles. The van der Waals surface area contributed by atoms with E-state index >= 15 is 0 Å². The lowest BCUT2D eigenvalue weighted by molar-refractivity contribution is -0.158. The van der Waals surface area contributed by atoms with Gasteiger partial charge in [-0.2, -0.15) is 0 Å². The Bertz CT molecular complexity index is 708. The standard InChI is InChI=1S/C17H25N3O6/c1-6-25-16(23)12-7-10(4)20(11(12)5)8-13(21)26-14(9(2)3)15(22)19-17(18)24/h7,9,14H,6,8H2,1-5H3,(H3,18,19,22,24).